The van der Waals surface area contributed by atoms with Gasteiger partial charge in [-0.05, 0) is 56.7 Å². The number of hydrogen-bond donors (Lipinski definition) is 0. The fourth-order valence-electron chi connectivity index (χ4n) is 3.80. The average Bonchev–Trinajstić information content (AvgIpc) is 3.45. The predicted molar refractivity (Wildman–Crippen MR) is 110 cm³/mol. The number of anilines is 1. The fourth-order valence-corrected chi connectivity index (χ4v) is 4.69. The van der Waals surface area contributed by atoms with E-state index in [9.17, 15) is 4.79 Å². The number of aryl methyl sites for hydroxylation is 1. The second-order valence-corrected chi connectivity index (χ2v) is 8.68. The van der Waals surface area contributed by atoms with Crippen LogP contribution in [-0.4, -0.2) is 37.2 Å². The van der Waals surface area contributed by atoms with Crippen molar-refractivity contribution in [2.75, 3.05) is 18.0 Å². The Bertz CT molecular complexity index is 1060. The molecule has 2 aliphatic rings. The summed E-state index contributed by atoms with van der Waals surface area (Å²) in [7, 11) is 0. The summed E-state index contributed by atoms with van der Waals surface area (Å²) in [6.45, 7) is 4.14. The first-order valence-electron chi connectivity index (χ1n) is 10.0. The second kappa shape index (κ2) is 7.24. The number of pyridine rings is 1. The maximum Gasteiger partial charge on any atom is 0.258 e. The number of thioether (sulfide) groups is 1. The van der Waals surface area contributed by atoms with Gasteiger partial charge < -0.3 is 4.90 Å². The summed E-state index contributed by atoms with van der Waals surface area (Å²) >= 11 is 1.63. The zero-order chi connectivity index (χ0) is 19.1. The Balaban J connectivity index is 1.40. The van der Waals surface area contributed by atoms with E-state index in [0.717, 1.165) is 35.5 Å². The van der Waals surface area contributed by atoms with E-state index in [4.69, 9.17) is 0 Å². The minimum absolute atomic E-state index is 0.0433. The molecule has 8 heteroatoms. The number of aromatic nitrogens is 5. The van der Waals surface area contributed by atoms with Crippen LogP contribution in [0.4, 0.5) is 5.95 Å². The molecule has 1 aliphatic heterocycles. The van der Waals surface area contributed by atoms with Crippen molar-refractivity contribution in [2.45, 2.75) is 56.0 Å². The lowest BCUT2D eigenvalue weighted by molar-refractivity contribution is 0.548. The van der Waals surface area contributed by atoms with Gasteiger partial charge in [0.25, 0.3) is 5.56 Å². The van der Waals surface area contributed by atoms with Gasteiger partial charge in [-0.2, -0.15) is 0 Å². The Hall–Kier alpha value is -2.35. The molecule has 0 atom stereocenters. The highest BCUT2D eigenvalue weighted by molar-refractivity contribution is 7.98. The molecule has 7 nitrogen and oxygen atoms in total. The summed E-state index contributed by atoms with van der Waals surface area (Å²) in [6, 6.07) is 6.01. The van der Waals surface area contributed by atoms with Crippen LogP contribution in [-0.2, 0) is 5.75 Å². The molecule has 1 aliphatic carbocycles. The van der Waals surface area contributed by atoms with Gasteiger partial charge >= 0.3 is 0 Å². The maximum absolute atomic E-state index is 12.4. The largest absolute Gasteiger partial charge is 0.341 e. The Morgan fingerprint density at radius 1 is 1.14 bits per heavy atom. The molecule has 0 amide bonds. The van der Waals surface area contributed by atoms with Gasteiger partial charge in [0.2, 0.25) is 5.95 Å². The van der Waals surface area contributed by atoms with E-state index in [0.29, 0.717) is 17.4 Å². The van der Waals surface area contributed by atoms with Crippen molar-refractivity contribution in [2.24, 2.45) is 0 Å². The maximum atomic E-state index is 12.4. The van der Waals surface area contributed by atoms with Crippen molar-refractivity contribution >= 4 is 23.4 Å². The van der Waals surface area contributed by atoms with Crippen molar-refractivity contribution in [3.63, 3.8) is 0 Å². The van der Waals surface area contributed by atoms with Crippen molar-refractivity contribution in [3.05, 3.63) is 46.0 Å². The van der Waals surface area contributed by atoms with E-state index in [2.05, 4.69) is 24.6 Å². The molecule has 1 saturated heterocycles. The molecule has 0 N–H and O–H groups in total. The summed E-state index contributed by atoms with van der Waals surface area (Å²) < 4.78 is 3.90. The standard InChI is InChI=1S/C20H24N6OS/c1-14-7-10-25-17(11-14)21-15(12-18(25)27)13-28-20-23-22-19(26(20)16-5-6-16)24-8-3-2-4-9-24/h7,10-12,16H,2-6,8-9,13H2,1H3. The van der Waals surface area contributed by atoms with E-state index >= 15 is 0 Å². The molecule has 0 bridgehead atoms. The SMILES string of the molecule is Cc1ccn2c(=O)cc(CSc3nnc(N4CCCCC4)n3C3CC3)nc2c1. The molecule has 3 aromatic heterocycles. The molecule has 4 heterocycles. The zero-order valence-corrected chi connectivity index (χ0v) is 16.9. The summed E-state index contributed by atoms with van der Waals surface area (Å²) in [6.07, 6.45) is 7.93. The van der Waals surface area contributed by atoms with Gasteiger partial charge in [0.1, 0.15) is 5.65 Å². The highest BCUT2D eigenvalue weighted by Gasteiger charge is 2.32. The van der Waals surface area contributed by atoms with Crippen LogP contribution in [0.5, 0.6) is 0 Å². The van der Waals surface area contributed by atoms with E-state index in [-0.39, 0.29) is 5.56 Å². The van der Waals surface area contributed by atoms with Gasteiger partial charge in [-0.15, -0.1) is 10.2 Å². The van der Waals surface area contributed by atoms with Crippen molar-refractivity contribution < 1.29 is 0 Å². The van der Waals surface area contributed by atoms with Gasteiger partial charge in [0.15, 0.2) is 5.16 Å². The predicted octanol–water partition coefficient (Wildman–Crippen LogP) is 3.21. The number of rotatable bonds is 5. The van der Waals surface area contributed by atoms with E-state index in [1.165, 1.54) is 32.1 Å². The van der Waals surface area contributed by atoms with Gasteiger partial charge in [-0.25, -0.2) is 4.98 Å². The molecule has 0 aromatic carbocycles. The Kier molecular flexibility index (Phi) is 4.58. The van der Waals surface area contributed by atoms with Crippen LogP contribution in [0.1, 0.15) is 49.4 Å². The van der Waals surface area contributed by atoms with Crippen LogP contribution in [0.25, 0.3) is 5.65 Å². The lowest BCUT2D eigenvalue weighted by atomic mass is 10.1. The molecule has 3 aromatic rings. The van der Waals surface area contributed by atoms with Gasteiger partial charge in [0.05, 0.1) is 5.69 Å². The molecule has 2 fully saturated rings. The molecule has 0 spiro atoms. The van der Waals surface area contributed by atoms with Crippen LogP contribution in [0.3, 0.4) is 0 Å². The van der Waals surface area contributed by atoms with Gasteiger partial charge in [0, 0.05) is 37.1 Å². The second-order valence-electron chi connectivity index (χ2n) is 7.74. The third-order valence-corrected chi connectivity index (χ3v) is 6.40. The lowest BCUT2D eigenvalue weighted by Gasteiger charge is -2.27. The summed E-state index contributed by atoms with van der Waals surface area (Å²) in [4.78, 5) is 19.4. The van der Waals surface area contributed by atoms with Crippen LogP contribution in [0.15, 0.2) is 34.3 Å². The minimum Gasteiger partial charge on any atom is -0.341 e. The van der Waals surface area contributed by atoms with E-state index in [1.807, 2.05) is 19.1 Å². The molecule has 1 saturated carbocycles. The van der Waals surface area contributed by atoms with Gasteiger partial charge in [-0.1, -0.05) is 11.8 Å². The van der Waals surface area contributed by atoms with Crippen molar-refractivity contribution in [3.8, 4) is 0 Å². The quantitative estimate of drug-likeness (QED) is 0.617. The average molecular weight is 397 g/mol. The highest BCUT2D eigenvalue weighted by atomic mass is 32.2. The van der Waals surface area contributed by atoms with E-state index < -0.39 is 0 Å². The number of piperidine rings is 1. The molecular weight excluding hydrogens is 372 g/mol. The van der Waals surface area contributed by atoms with Crippen LogP contribution < -0.4 is 10.5 Å². The first kappa shape index (κ1) is 17.7. The number of fused-ring (bicyclic) bond motifs is 1. The van der Waals surface area contributed by atoms with Crippen molar-refractivity contribution in [1.82, 2.24) is 24.1 Å². The summed E-state index contributed by atoms with van der Waals surface area (Å²) in [5, 5.41) is 9.95. The summed E-state index contributed by atoms with van der Waals surface area (Å²) in [5.74, 6) is 1.64. The molecule has 5 rings (SSSR count). The topological polar surface area (TPSA) is 68.3 Å². The third-order valence-electron chi connectivity index (χ3n) is 5.42. The number of nitrogens with zero attached hydrogens (tertiary/aromatic N) is 6. The van der Waals surface area contributed by atoms with Crippen molar-refractivity contribution in [1.29, 1.82) is 0 Å². The van der Waals surface area contributed by atoms with Crippen LogP contribution in [0, 0.1) is 6.92 Å². The van der Waals surface area contributed by atoms with E-state index in [1.54, 1.807) is 28.4 Å². The normalized spacial score (nSPS) is 17.4. The Labute approximate surface area is 167 Å². The molecule has 146 valence electrons. The highest BCUT2D eigenvalue weighted by Crippen LogP contribution is 2.41. The molecule has 0 unspecified atom stereocenters. The Morgan fingerprint density at radius 3 is 2.75 bits per heavy atom. The Morgan fingerprint density at radius 2 is 1.96 bits per heavy atom. The monoisotopic (exact) mass is 396 g/mol. The zero-order valence-electron chi connectivity index (χ0n) is 16.0. The first-order valence-corrected chi connectivity index (χ1v) is 11.0. The van der Waals surface area contributed by atoms with Crippen LogP contribution in [0.2, 0.25) is 0 Å². The fraction of sp³-hybridized carbons (Fsp3) is 0.500. The first-order chi connectivity index (χ1) is 13.7. The molecule has 28 heavy (non-hydrogen) atoms. The third kappa shape index (κ3) is 3.41. The molecular formula is C20H24N6OS. The van der Waals surface area contributed by atoms with Gasteiger partial charge in [-0.3, -0.25) is 13.8 Å². The molecule has 0 radical (unpaired) electrons. The van der Waals surface area contributed by atoms with Crippen LogP contribution >= 0.6 is 11.8 Å². The smallest absolute Gasteiger partial charge is 0.258 e. The minimum atomic E-state index is -0.0433. The summed E-state index contributed by atoms with van der Waals surface area (Å²) in [5.41, 5.74) is 2.53. The number of hydrogen-bond acceptors (Lipinski definition) is 6. The lowest BCUT2D eigenvalue weighted by Crippen LogP contribution is -2.31.